The first kappa shape index (κ1) is 24.2. The van der Waals surface area contributed by atoms with Crippen molar-refractivity contribution in [3.63, 3.8) is 0 Å². The number of carboxylic acid groups (broad SMARTS) is 1. The maximum atomic E-state index is 13.8. The van der Waals surface area contributed by atoms with Crippen LogP contribution >= 0.6 is 23.2 Å². The number of hydrogen-bond acceptors (Lipinski definition) is 5. The molecule has 5 rings (SSSR count). The van der Waals surface area contributed by atoms with Crippen LogP contribution < -0.4 is 4.90 Å². The Kier molecular flexibility index (Phi) is 6.60. The Morgan fingerprint density at radius 2 is 1.64 bits per heavy atom. The lowest BCUT2D eigenvalue weighted by molar-refractivity contribution is 0.0696. The average molecular weight is 523 g/mol. The molecule has 9 heteroatoms. The molecule has 2 aromatic heterocycles. The summed E-state index contributed by atoms with van der Waals surface area (Å²) in [5, 5.41) is 9.43. The minimum absolute atomic E-state index is 0.0263. The van der Waals surface area contributed by atoms with E-state index in [1.807, 2.05) is 30.3 Å². The molecule has 0 radical (unpaired) electrons. The Hall–Kier alpha value is -3.55. The molecule has 182 valence electrons. The van der Waals surface area contributed by atoms with E-state index in [1.165, 1.54) is 18.3 Å². The van der Waals surface area contributed by atoms with Gasteiger partial charge in [-0.3, -0.25) is 4.98 Å². The summed E-state index contributed by atoms with van der Waals surface area (Å²) < 4.78 is 13.8. The Balaban J connectivity index is 1.55. The normalized spacial score (nSPS) is 15.3. The number of carbonyl (C=O) groups is 1. The summed E-state index contributed by atoms with van der Waals surface area (Å²) in [6.45, 7) is 3.02. The Morgan fingerprint density at radius 1 is 0.972 bits per heavy atom. The number of nitrogens with zero attached hydrogens (tertiary/aromatic N) is 4. The number of aromatic nitrogens is 3. The highest BCUT2D eigenvalue weighted by molar-refractivity contribution is 6.33. The molecular formula is C27H21Cl2FN4O2. The van der Waals surface area contributed by atoms with Crippen LogP contribution in [0.5, 0.6) is 0 Å². The zero-order chi connectivity index (χ0) is 25.4. The number of benzene rings is 2. The van der Waals surface area contributed by atoms with Gasteiger partial charge in [0.1, 0.15) is 5.82 Å². The molecule has 1 N–H and O–H groups in total. The number of pyridine rings is 1. The van der Waals surface area contributed by atoms with Crippen LogP contribution in [0.25, 0.3) is 33.8 Å². The summed E-state index contributed by atoms with van der Waals surface area (Å²) in [5.41, 5.74) is 4.16. The van der Waals surface area contributed by atoms with Crippen LogP contribution in [-0.4, -0.2) is 38.6 Å². The highest BCUT2D eigenvalue weighted by Gasteiger charge is 2.24. The smallest absolute Gasteiger partial charge is 0.337 e. The number of hydrogen-bond donors (Lipinski definition) is 1. The van der Waals surface area contributed by atoms with Gasteiger partial charge in [0.25, 0.3) is 0 Å². The van der Waals surface area contributed by atoms with E-state index in [0.717, 1.165) is 30.5 Å². The second-order valence-electron chi connectivity index (χ2n) is 8.69. The van der Waals surface area contributed by atoms with Gasteiger partial charge in [-0.15, -0.1) is 0 Å². The molecule has 1 unspecified atom stereocenters. The van der Waals surface area contributed by atoms with Gasteiger partial charge >= 0.3 is 5.97 Å². The summed E-state index contributed by atoms with van der Waals surface area (Å²) in [6.07, 6.45) is 3.41. The first-order valence-corrected chi connectivity index (χ1v) is 12.2. The minimum Gasteiger partial charge on any atom is -0.478 e. The van der Waals surface area contributed by atoms with E-state index in [0.29, 0.717) is 34.6 Å². The predicted octanol–water partition coefficient (Wildman–Crippen LogP) is 7.01. The molecule has 0 saturated carbocycles. The van der Waals surface area contributed by atoms with E-state index >= 15 is 0 Å². The highest BCUT2D eigenvalue weighted by Crippen LogP contribution is 2.33. The van der Waals surface area contributed by atoms with Crippen molar-refractivity contribution in [2.24, 2.45) is 0 Å². The number of anilines is 1. The van der Waals surface area contributed by atoms with Crippen molar-refractivity contribution in [1.29, 1.82) is 0 Å². The van der Waals surface area contributed by atoms with Gasteiger partial charge in [0.05, 0.1) is 32.7 Å². The van der Waals surface area contributed by atoms with Crippen LogP contribution in [0.15, 0.2) is 60.8 Å². The van der Waals surface area contributed by atoms with Crippen LogP contribution in [0.2, 0.25) is 10.0 Å². The van der Waals surface area contributed by atoms with E-state index in [9.17, 15) is 9.18 Å². The molecule has 6 nitrogen and oxygen atoms in total. The van der Waals surface area contributed by atoms with Gasteiger partial charge in [0.2, 0.25) is 5.95 Å². The maximum absolute atomic E-state index is 13.8. The molecule has 1 fully saturated rings. The van der Waals surface area contributed by atoms with Crippen molar-refractivity contribution in [1.82, 2.24) is 15.0 Å². The van der Waals surface area contributed by atoms with Crippen molar-refractivity contribution in [2.75, 3.05) is 11.4 Å². The number of halogens is 3. The van der Waals surface area contributed by atoms with Crippen LogP contribution in [0.4, 0.5) is 10.3 Å². The topological polar surface area (TPSA) is 79.2 Å². The average Bonchev–Trinajstić information content (AvgIpc) is 3.31. The van der Waals surface area contributed by atoms with Crippen molar-refractivity contribution in [2.45, 2.75) is 25.8 Å². The monoisotopic (exact) mass is 522 g/mol. The molecular weight excluding hydrogens is 502 g/mol. The SMILES string of the molecule is CC1CCCN1c1nc(-c2ccc(-c3ncc(C(=O)O)cc3Cl)cc2)cc(-c2ccc(F)c(Cl)c2)n1. The first-order chi connectivity index (χ1) is 17.3. The first-order valence-electron chi connectivity index (χ1n) is 11.4. The number of aromatic carboxylic acids is 1. The standard InChI is InChI=1S/C27H21Cl2FN4O2/c1-15-3-2-10-34(15)27-32-23(13-24(33-27)18-8-9-22(30)20(28)11-18)16-4-6-17(7-5-16)25-21(29)12-19(14-31-25)26(35)36/h4-9,11-15H,2-3,10H2,1H3,(H,35,36). The third kappa shape index (κ3) is 4.76. The lowest BCUT2D eigenvalue weighted by atomic mass is 10.0. The molecule has 4 aromatic rings. The lowest BCUT2D eigenvalue weighted by Crippen LogP contribution is -2.28. The summed E-state index contributed by atoms with van der Waals surface area (Å²) in [7, 11) is 0. The zero-order valence-electron chi connectivity index (χ0n) is 19.3. The van der Waals surface area contributed by atoms with E-state index in [2.05, 4.69) is 16.8 Å². The second kappa shape index (κ2) is 9.84. The number of carboxylic acids is 1. The predicted molar refractivity (Wildman–Crippen MR) is 139 cm³/mol. The van der Waals surface area contributed by atoms with Crippen LogP contribution in [0.3, 0.4) is 0 Å². The summed E-state index contributed by atoms with van der Waals surface area (Å²) >= 11 is 12.3. The van der Waals surface area contributed by atoms with Crippen molar-refractivity contribution in [3.05, 3.63) is 82.2 Å². The van der Waals surface area contributed by atoms with E-state index in [-0.39, 0.29) is 15.6 Å². The fraction of sp³-hybridized carbons (Fsp3) is 0.185. The van der Waals surface area contributed by atoms with Crippen LogP contribution in [0, 0.1) is 5.82 Å². The molecule has 1 aliphatic heterocycles. The largest absolute Gasteiger partial charge is 0.478 e. The van der Waals surface area contributed by atoms with Gasteiger partial charge < -0.3 is 10.0 Å². The third-order valence-corrected chi connectivity index (χ3v) is 6.86. The van der Waals surface area contributed by atoms with Gasteiger partial charge in [-0.05, 0) is 50.1 Å². The van der Waals surface area contributed by atoms with Gasteiger partial charge in [-0.1, -0.05) is 47.5 Å². The molecule has 2 aromatic carbocycles. The zero-order valence-corrected chi connectivity index (χ0v) is 20.8. The second-order valence-corrected chi connectivity index (χ2v) is 9.50. The molecule has 1 atom stereocenters. The molecule has 3 heterocycles. The van der Waals surface area contributed by atoms with Crippen LogP contribution in [-0.2, 0) is 0 Å². The highest BCUT2D eigenvalue weighted by atomic mass is 35.5. The van der Waals surface area contributed by atoms with Gasteiger partial charge in [0.15, 0.2) is 0 Å². The number of rotatable bonds is 5. The van der Waals surface area contributed by atoms with Gasteiger partial charge in [0, 0.05) is 35.5 Å². The molecule has 0 spiro atoms. The molecule has 1 saturated heterocycles. The van der Waals surface area contributed by atoms with Crippen molar-refractivity contribution < 1.29 is 14.3 Å². The summed E-state index contributed by atoms with van der Waals surface area (Å²) in [6, 6.07) is 15.6. The van der Waals surface area contributed by atoms with E-state index in [4.69, 9.17) is 38.3 Å². The Labute approximate surface area is 217 Å². The molecule has 36 heavy (non-hydrogen) atoms. The van der Waals surface area contributed by atoms with Gasteiger partial charge in [-0.25, -0.2) is 19.2 Å². The molecule has 0 bridgehead atoms. The fourth-order valence-electron chi connectivity index (χ4n) is 4.31. The van der Waals surface area contributed by atoms with E-state index in [1.54, 1.807) is 12.1 Å². The molecule has 0 amide bonds. The van der Waals surface area contributed by atoms with Crippen molar-refractivity contribution in [3.8, 4) is 33.8 Å². The van der Waals surface area contributed by atoms with E-state index < -0.39 is 11.8 Å². The fourth-order valence-corrected chi connectivity index (χ4v) is 4.77. The summed E-state index contributed by atoms with van der Waals surface area (Å²) in [5.74, 6) is -0.954. The molecule has 1 aliphatic rings. The van der Waals surface area contributed by atoms with Crippen molar-refractivity contribution >= 4 is 35.1 Å². The minimum atomic E-state index is -1.09. The third-order valence-electron chi connectivity index (χ3n) is 6.28. The molecule has 0 aliphatic carbocycles. The quantitative estimate of drug-likeness (QED) is 0.303. The summed E-state index contributed by atoms with van der Waals surface area (Å²) in [4.78, 5) is 27.2. The maximum Gasteiger partial charge on any atom is 0.337 e. The van der Waals surface area contributed by atoms with Gasteiger partial charge in [-0.2, -0.15) is 0 Å². The van der Waals surface area contributed by atoms with Crippen LogP contribution in [0.1, 0.15) is 30.1 Å². The lowest BCUT2D eigenvalue weighted by Gasteiger charge is -2.22. The Morgan fingerprint density at radius 3 is 2.25 bits per heavy atom. The Bertz CT molecular complexity index is 1460.